The minimum Gasteiger partial charge on any atom is -0.467 e. The van der Waals surface area contributed by atoms with Gasteiger partial charge in [-0.3, -0.25) is 0 Å². The molecule has 1 saturated heterocycles. The number of aliphatic hydroxyl groups is 3. The van der Waals surface area contributed by atoms with E-state index in [2.05, 4.69) is 10.6 Å². The summed E-state index contributed by atoms with van der Waals surface area (Å²) in [7, 11) is 3.37. The van der Waals surface area contributed by atoms with Gasteiger partial charge in [0, 0.05) is 12.1 Å². The van der Waals surface area contributed by atoms with E-state index in [0.29, 0.717) is 18.6 Å². The molecule has 2 aliphatic heterocycles. The lowest BCUT2D eigenvalue weighted by molar-refractivity contribution is -0.304. The van der Waals surface area contributed by atoms with E-state index < -0.39 is 60.7 Å². The van der Waals surface area contributed by atoms with E-state index in [-0.39, 0.29) is 19.2 Å². The third-order valence-corrected chi connectivity index (χ3v) is 6.55. The highest BCUT2D eigenvalue weighted by atomic mass is 16.7. The summed E-state index contributed by atoms with van der Waals surface area (Å²) in [4.78, 5) is 0. The number of ether oxygens (including phenoxy) is 4. The van der Waals surface area contributed by atoms with Crippen LogP contribution in [0.25, 0.3) is 0 Å². The number of aliphatic hydroxyl groups excluding tert-OH is 2. The summed E-state index contributed by atoms with van der Waals surface area (Å²) in [5, 5.41) is 38.4. The summed E-state index contributed by atoms with van der Waals surface area (Å²) < 4.78 is 23.4. The summed E-state index contributed by atoms with van der Waals surface area (Å²) in [5.41, 5.74) is 16.8. The van der Waals surface area contributed by atoms with Crippen LogP contribution in [0.4, 0.5) is 0 Å². The fourth-order valence-electron chi connectivity index (χ4n) is 4.68. The Morgan fingerprint density at radius 1 is 1.09 bits per heavy atom. The van der Waals surface area contributed by atoms with Crippen molar-refractivity contribution >= 4 is 0 Å². The Morgan fingerprint density at radius 2 is 1.78 bits per heavy atom. The molecule has 1 saturated carbocycles. The Morgan fingerprint density at radius 3 is 2.41 bits per heavy atom. The van der Waals surface area contributed by atoms with E-state index in [1.165, 1.54) is 0 Å². The summed E-state index contributed by atoms with van der Waals surface area (Å²) in [6.45, 7) is 1.73. The van der Waals surface area contributed by atoms with Gasteiger partial charge >= 0.3 is 0 Å². The molecule has 0 aromatic carbocycles. The van der Waals surface area contributed by atoms with Gasteiger partial charge in [-0.1, -0.05) is 0 Å². The Labute approximate surface area is 188 Å². The van der Waals surface area contributed by atoms with Crippen LogP contribution in [-0.4, -0.2) is 109 Å². The van der Waals surface area contributed by atoms with Crippen molar-refractivity contribution in [3.05, 3.63) is 11.8 Å². The zero-order valence-electron chi connectivity index (χ0n) is 18.9. The molecule has 2 fully saturated rings. The van der Waals surface area contributed by atoms with Crippen molar-refractivity contribution in [2.24, 2.45) is 17.2 Å². The number of likely N-dealkylation sites (N-methyl/N-ethyl adjacent to an activating group) is 2. The molecule has 1 aliphatic carbocycles. The summed E-state index contributed by atoms with van der Waals surface area (Å²) >= 11 is 0. The first-order chi connectivity index (χ1) is 15.1. The number of hydrogen-bond acceptors (Lipinski definition) is 12. The van der Waals surface area contributed by atoms with Crippen molar-refractivity contribution in [2.45, 2.75) is 86.5 Å². The average molecular weight is 462 g/mol. The quantitative estimate of drug-likeness (QED) is 0.186. The van der Waals surface area contributed by atoms with Crippen LogP contribution in [0, 0.1) is 0 Å². The number of hydrogen-bond donors (Lipinski definition) is 8. The SMILES string of the molecule is CNC1CC(N)C(OC2OC(CN)=CCC2N)C(O)C1OC1OCC(C)(O)C(NC)C1O. The lowest BCUT2D eigenvalue weighted by Crippen LogP contribution is -2.68. The minimum absolute atomic E-state index is 0.0499. The van der Waals surface area contributed by atoms with Gasteiger partial charge in [-0.2, -0.15) is 0 Å². The topological polar surface area (TPSA) is 200 Å². The number of nitrogens with one attached hydrogen (secondary N) is 2. The van der Waals surface area contributed by atoms with Gasteiger partial charge in [0.1, 0.15) is 35.8 Å². The van der Waals surface area contributed by atoms with E-state index in [9.17, 15) is 15.3 Å². The molecule has 11 N–H and O–H groups in total. The van der Waals surface area contributed by atoms with Gasteiger partial charge in [-0.15, -0.1) is 0 Å². The average Bonchev–Trinajstić information content (AvgIpc) is 2.75. The molecular formula is C20H39N5O7. The number of nitrogens with two attached hydrogens (primary N) is 3. The fourth-order valence-corrected chi connectivity index (χ4v) is 4.68. The van der Waals surface area contributed by atoms with Crippen molar-refractivity contribution in [1.82, 2.24) is 10.6 Å². The van der Waals surface area contributed by atoms with Crippen LogP contribution in [0.2, 0.25) is 0 Å². The van der Waals surface area contributed by atoms with Crippen LogP contribution >= 0.6 is 0 Å². The van der Waals surface area contributed by atoms with Crippen molar-refractivity contribution in [2.75, 3.05) is 27.2 Å². The predicted octanol–water partition coefficient (Wildman–Crippen LogP) is -3.59. The first-order valence-electron chi connectivity index (χ1n) is 11.1. The van der Waals surface area contributed by atoms with Crippen LogP contribution in [-0.2, 0) is 18.9 Å². The maximum Gasteiger partial charge on any atom is 0.215 e. The molecule has 11 atom stereocenters. The second kappa shape index (κ2) is 10.6. The predicted molar refractivity (Wildman–Crippen MR) is 115 cm³/mol. The van der Waals surface area contributed by atoms with Crippen molar-refractivity contribution in [1.29, 1.82) is 0 Å². The summed E-state index contributed by atoms with van der Waals surface area (Å²) in [6, 6.07) is -1.97. The van der Waals surface area contributed by atoms with E-state index in [4.69, 9.17) is 36.1 Å². The van der Waals surface area contributed by atoms with E-state index in [1.54, 1.807) is 21.0 Å². The molecule has 11 unspecified atom stereocenters. The zero-order valence-corrected chi connectivity index (χ0v) is 18.9. The minimum atomic E-state index is -1.28. The lowest BCUT2D eigenvalue weighted by atomic mass is 9.83. The third-order valence-electron chi connectivity index (χ3n) is 6.55. The molecule has 0 spiro atoms. The third kappa shape index (κ3) is 5.26. The molecule has 0 bridgehead atoms. The molecule has 3 aliphatic rings. The molecule has 32 heavy (non-hydrogen) atoms. The van der Waals surface area contributed by atoms with Crippen LogP contribution < -0.4 is 27.8 Å². The van der Waals surface area contributed by atoms with Crippen LogP contribution in [0.15, 0.2) is 11.8 Å². The first kappa shape index (κ1) is 25.7. The van der Waals surface area contributed by atoms with Gasteiger partial charge in [0.25, 0.3) is 0 Å². The van der Waals surface area contributed by atoms with E-state index in [0.717, 1.165) is 0 Å². The van der Waals surface area contributed by atoms with Crippen LogP contribution in [0.5, 0.6) is 0 Å². The molecule has 186 valence electrons. The van der Waals surface area contributed by atoms with Gasteiger partial charge in [0.2, 0.25) is 6.29 Å². The Hall–Kier alpha value is -0.900. The maximum absolute atomic E-state index is 11.2. The monoisotopic (exact) mass is 461 g/mol. The zero-order chi connectivity index (χ0) is 23.6. The van der Waals surface area contributed by atoms with Crippen LogP contribution in [0.3, 0.4) is 0 Å². The second-order valence-electron chi connectivity index (χ2n) is 9.04. The van der Waals surface area contributed by atoms with Crippen molar-refractivity contribution in [3.8, 4) is 0 Å². The molecule has 0 amide bonds. The Bertz CT molecular complexity index is 654. The summed E-state index contributed by atoms with van der Waals surface area (Å²) in [5.74, 6) is 0.570. The Balaban J connectivity index is 1.73. The molecule has 0 radical (unpaired) electrons. The molecule has 0 aromatic rings. The second-order valence-corrected chi connectivity index (χ2v) is 9.04. The normalized spacial score (nSPS) is 47.6. The van der Waals surface area contributed by atoms with Crippen molar-refractivity contribution in [3.63, 3.8) is 0 Å². The molecule has 12 nitrogen and oxygen atoms in total. The van der Waals surface area contributed by atoms with Crippen molar-refractivity contribution < 1.29 is 34.3 Å². The van der Waals surface area contributed by atoms with Gasteiger partial charge in [-0.05, 0) is 39.9 Å². The largest absolute Gasteiger partial charge is 0.467 e. The van der Waals surface area contributed by atoms with Crippen LogP contribution in [0.1, 0.15) is 19.8 Å². The summed E-state index contributed by atoms with van der Waals surface area (Å²) in [6.07, 6.45) is -3.08. The van der Waals surface area contributed by atoms with E-state index in [1.807, 2.05) is 6.08 Å². The molecule has 0 aromatic heterocycles. The van der Waals surface area contributed by atoms with Gasteiger partial charge in [-0.25, -0.2) is 0 Å². The highest BCUT2D eigenvalue weighted by Gasteiger charge is 2.51. The van der Waals surface area contributed by atoms with Gasteiger partial charge < -0.3 is 62.1 Å². The highest BCUT2D eigenvalue weighted by Crippen LogP contribution is 2.31. The molecular weight excluding hydrogens is 422 g/mol. The number of rotatable bonds is 7. The standard InChI is InChI=1S/C20H39N5O7/c1-20(28)8-29-19(14(27)17(20)25-3)32-16-12(24-2)6-11(23)15(13(16)26)31-18-10(22)5-4-9(7-21)30-18/h4,10-19,24-28H,5-8,21-23H2,1-3H3. The highest BCUT2D eigenvalue weighted by molar-refractivity contribution is 5.04. The molecule has 2 heterocycles. The fraction of sp³-hybridized carbons (Fsp3) is 0.900. The van der Waals surface area contributed by atoms with Gasteiger partial charge in [0.05, 0.1) is 25.2 Å². The first-order valence-corrected chi connectivity index (χ1v) is 11.1. The molecule has 12 heteroatoms. The molecule has 3 rings (SSSR count). The van der Waals surface area contributed by atoms with E-state index >= 15 is 0 Å². The van der Waals surface area contributed by atoms with Gasteiger partial charge in [0.15, 0.2) is 6.29 Å². The smallest absolute Gasteiger partial charge is 0.215 e. The lowest BCUT2D eigenvalue weighted by Gasteiger charge is -2.48. The maximum atomic E-state index is 11.2. The Kier molecular flexibility index (Phi) is 8.50.